The quantitative estimate of drug-likeness (QED) is 0.865. The third-order valence-electron chi connectivity index (χ3n) is 4.00. The molecule has 1 amide bonds. The average molecular weight is 366 g/mol. The minimum Gasteiger partial charge on any atom is -0.455 e. The van der Waals surface area contributed by atoms with Crippen molar-refractivity contribution in [3.8, 4) is 0 Å². The summed E-state index contributed by atoms with van der Waals surface area (Å²) in [6.45, 7) is 2.56. The summed E-state index contributed by atoms with van der Waals surface area (Å²) in [6, 6.07) is 1.30. The second-order valence-corrected chi connectivity index (χ2v) is 7.82. The van der Waals surface area contributed by atoms with Crippen LogP contribution in [0.3, 0.4) is 0 Å². The maximum Gasteiger partial charge on any atom is 0.289 e. The van der Waals surface area contributed by atoms with Gasteiger partial charge in [0.25, 0.3) is 5.91 Å². The van der Waals surface area contributed by atoms with Crippen LogP contribution >= 0.6 is 12.4 Å². The predicted octanol–water partition coefficient (Wildman–Crippen LogP) is 1.21. The molecular weight excluding hydrogens is 342 g/mol. The molecule has 2 N–H and O–H groups in total. The molecule has 2 rings (SSSR count). The number of amides is 1. The van der Waals surface area contributed by atoms with Gasteiger partial charge < -0.3 is 15.1 Å². The Hall–Kier alpha value is -1.09. The monoisotopic (exact) mass is 365 g/mol. The number of furan rings is 1. The van der Waals surface area contributed by atoms with Gasteiger partial charge in [-0.15, -0.1) is 12.4 Å². The Morgan fingerprint density at radius 2 is 2.09 bits per heavy atom. The third kappa shape index (κ3) is 3.88. The second-order valence-electron chi connectivity index (χ2n) is 5.70. The molecule has 2 heterocycles. The van der Waals surface area contributed by atoms with Crippen LogP contribution in [0, 0.1) is 6.92 Å². The van der Waals surface area contributed by atoms with Crippen LogP contribution in [0.15, 0.2) is 15.4 Å². The van der Waals surface area contributed by atoms with Crippen molar-refractivity contribution in [1.29, 1.82) is 0 Å². The van der Waals surface area contributed by atoms with Crippen molar-refractivity contribution in [3.05, 3.63) is 17.6 Å². The van der Waals surface area contributed by atoms with Crippen molar-refractivity contribution in [2.75, 3.05) is 27.2 Å². The molecule has 0 aromatic carbocycles. The highest BCUT2D eigenvalue weighted by Crippen LogP contribution is 2.25. The van der Waals surface area contributed by atoms with Gasteiger partial charge in [0.05, 0.1) is 0 Å². The summed E-state index contributed by atoms with van der Waals surface area (Å²) >= 11 is 0. The van der Waals surface area contributed by atoms with Gasteiger partial charge in [0.1, 0.15) is 10.7 Å². The van der Waals surface area contributed by atoms with Crippen molar-refractivity contribution < 1.29 is 17.6 Å². The molecule has 7 nitrogen and oxygen atoms in total. The number of carbonyl (C=O) groups is 1. The molecule has 0 saturated carbocycles. The largest absolute Gasteiger partial charge is 0.455 e. The van der Waals surface area contributed by atoms with E-state index in [9.17, 15) is 13.2 Å². The molecule has 0 radical (unpaired) electrons. The van der Waals surface area contributed by atoms with Gasteiger partial charge in [-0.25, -0.2) is 12.7 Å². The van der Waals surface area contributed by atoms with Crippen molar-refractivity contribution in [3.63, 3.8) is 0 Å². The Labute approximate surface area is 143 Å². The van der Waals surface area contributed by atoms with Crippen LogP contribution in [0.5, 0.6) is 0 Å². The number of nitrogens with two attached hydrogens (primary N) is 1. The lowest BCUT2D eigenvalue weighted by Gasteiger charge is -2.34. The maximum atomic E-state index is 12.6. The number of rotatable bonds is 4. The van der Waals surface area contributed by atoms with Crippen molar-refractivity contribution in [1.82, 2.24) is 9.21 Å². The van der Waals surface area contributed by atoms with E-state index in [0.717, 1.165) is 23.6 Å². The molecule has 1 unspecified atom stereocenters. The fraction of sp³-hybridized carbons (Fsp3) is 0.643. The first-order valence-corrected chi connectivity index (χ1v) is 8.77. The number of carbonyl (C=O) groups excluding carboxylic acids is 1. The highest BCUT2D eigenvalue weighted by Gasteiger charge is 2.31. The molecule has 1 aromatic rings. The van der Waals surface area contributed by atoms with Gasteiger partial charge in [0.2, 0.25) is 10.0 Å². The van der Waals surface area contributed by atoms with Crippen molar-refractivity contribution in [2.24, 2.45) is 5.73 Å². The molecular formula is C14H24ClN3O4S. The van der Waals surface area contributed by atoms with E-state index in [-0.39, 0.29) is 40.8 Å². The minimum absolute atomic E-state index is 0. The summed E-state index contributed by atoms with van der Waals surface area (Å²) in [6.07, 6.45) is 2.83. The van der Waals surface area contributed by atoms with E-state index in [1.807, 2.05) is 0 Å². The van der Waals surface area contributed by atoms with Gasteiger partial charge in [-0.3, -0.25) is 4.79 Å². The van der Waals surface area contributed by atoms with E-state index >= 15 is 0 Å². The molecule has 1 atom stereocenters. The lowest BCUT2D eigenvalue weighted by molar-refractivity contribution is 0.0589. The minimum atomic E-state index is -3.63. The van der Waals surface area contributed by atoms with E-state index in [2.05, 4.69) is 0 Å². The van der Waals surface area contributed by atoms with Crippen molar-refractivity contribution in [2.45, 2.75) is 37.1 Å². The van der Waals surface area contributed by atoms with Crippen molar-refractivity contribution >= 4 is 28.3 Å². The lowest BCUT2D eigenvalue weighted by atomic mass is 10.0. The number of piperidine rings is 1. The fourth-order valence-electron chi connectivity index (χ4n) is 2.68. The molecule has 9 heteroatoms. The predicted molar refractivity (Wildman–Crippen MR) is 89.3 cm³/mol. The Kier molecular flexibility index (Phi) is 6.64. The molecule has 1 saturated heterocycles. The Balaban J connectivity index is 0.00000264. The van der Waals surface area contributed by atoms with E-state index in [1.165, 1.54) is 20.2 Å². The first-order valence-electron chi connectivity index (χ1n) is 7.33. The van der Waals surface area contributed by atoms with E-state index in [4.69, 9.17) is 10.2 Å². The number of nitrogens with zero attached hydrogens (tertiary/aromatic N) is 2. The van der Waals surface area contributed by atoms with Gasteiger partial charge in [-0.2, -0.15) is 0 Å². The summed E-state index contributed by atoms with van der Waals surface area (Å²) in [5.74, 6) is -0.0184. The normalized spacial score (nSPS) is 18.8. The molecule has 1 aliphatic heterocycles. The van der Waals surface area contributed by atoms with Crippen LogP contribution in [-0.4, -0.2) is 56.8 Å². The third-order valence-corrected chi connectivity index (χ3v) is 5.92. The fourth-order valence-corrected chi connectivity index (χ4v) is 3.73. The Bertz CT molecular complexity index is 657. The second kappa shape index (κ2) is 7.65. The number of likely N-dealkylation sites (tertiary alicyclic amines) is 1. The van der Waals surface area contributed by atoms with Gasteiger partial charge in [0, 0.05) is 39.3 Å². The molecule has 1 aliphatic rings. The zero-order chi connectivity index (χ0) is 16.5. The van der Waals surface area contributed by atoms with E-state index in [0.29, 0.717) is 13.1 Å². The van der Waals surface area contributed by atoms with E-state index < -0.39 is 10.0 Å². The topological polar surface area (TPSA) is 96.8 Å². The van der Waals surface area contributed by atoms with Gasteiger partial charge >= 0.3 is 0 Å². The Morgan fingerprint density at radius 1 is 1.43 bits per heavy atom. The first-order chi connectivity index (χ1) is 10.3. The summed E-state index contributed by atoms with van der Waals surface area (Å²) in [7, 11) is -0.740. The van der Waals surface area contributed by atoms with Crippen LogP contribution in [-0.2, 0) is 10.0 Å². The maximum absolute atomic E-state index is 12.6. The van der Waals surface area contributed by atoms with Crippen LogP contribution in [0.2, 0.25) is 0 Å². The lowest BCUT2D eigenvalue weighted by Crippen LogP contribution is -2.47. The highest BCUT2D eigenvalue weighted by molar-refractivity contribution is 7.89. The van der Waals surface area contributed by atoms with Gasteiger partial charge in [0.15, 0.2) is 5.76 Å². The van der Waals surface area contributed by atoms with Crippen LogP contribution in [0.4, 0.5) is 0 Å². The Morgan fingerprint density at radius 3 is 2.65 bits per heavy atom. The molecule has 132 valence electrons. The summed E-state index contributed by atoms with van der Waals surface area (Å²) in [5, 5.41) is 0. The number of sulfonamides is 1. The number of halogens is 1. The number of aryl methyl sites for hydroxylation is 1. The van der Waals surface area contributed by atoms with E-state index in [1.54, 1.807) is 11.8 Å². The van der Waals surface area contributed by atoms with Gasteiger partial charge in [-0.1, -0.05) is 0 Å². The molecule has 1 aromatic heterocycles. The summed E-state index contributed by atoms with van der Waals surface area (Å²) in [4.78, 5) is 14.3. The smallest absolute Gasteiger partial charge is 0.289 e. The summed E-state index contributed by atoms with van der Waals surface area (Å²) in [5.41, 5.74) is 5.73. The van der Waals surface area contributed by atoms with Crippen LogP contribution < -0.4 is 5.73 Å². The zero-order valence-electron chi connectivity index (χ0n) is 13.6. The number of hydrogen-bond donors (Lipinski definition) is 1. The van der Waals surface area contributed by atoms with Crippen LogP contribution in [0.25, 0.3) is 0 Å². The highest BCUT2D eigenvalue weighted by atomic mass is 35.5. The summed E-state index contributed by atoms with van der Waals surface area (Å²) < 4.78 is 30.9. The SMILES string of the molecule is Cc1oc(C(=O)N2CCCCC2CN)cc1S(=O)(=O)N(C)C.Cl. The zero-order valence-corrected chi connectivity index (χ0v) is 15.2. The van der Waals surface area contributed by atoms with Crippen LogP contribution in [0.1, 0.15) is 35.6 Å². The van der Waals surface area contributed by atoms with Gasteiger partial charge in [-0.05, 0) is 26.2 Å². The molecule has 1 fully saturated rings. The standard InChI is InChI=1S/C14H23N3O4S.ClH/c1-10-13(22(19,20)16(2)3)8-12(21-10)14(18)17-7-5-4-6-11(17)9-15;/h8,11H,4-7,9,15H2,1-3H3;1H. The molecule has 0 aliphatic carbocycles. The molecule has 0 bridgehead atoms. The first kappa shape index (κ1) is 20.0. The number of hydrogen-bond acceptors (Lipinski definition) is 5. The average Bonchev–Trinajstić information content (AvgIpc) is 2.89. The molecule has 23 heavy (non-hydrogen) atoms. The molecule has 0 spiro atoms.